The van der Waals surface area contributed by atoms with Crippen molar-refractivity contribution in [3.05, 3.63) is 30.3 Å². The predicted octanol–water partition coefficient (Wildman–Crippen LogP) is 2.65. The second kappa shape index (κ2) is 6.18. The van der Waals surface area contributed by atoms with Crippen LogP contribution >= 0.6 is 0 Å². The van der Waals surface area contributed by atoms with Gasteiger partial charge in [0.2, 0.25) is 0 Å². The fraction of sp³-hybridized carbons (Fsp3) is 0.438. The van der Waals surface area contributed by atoms with E-state index in [0.29, 0.717) is 17.5 Å². The van der Waals surface area contributed by atoms with Gasteiger partial charge in [0, 0.05) is 24.6 Å². The summed E-state index contributed by atoms with van der Waals surface area (Å²) < 4.78 is 16.3. The number of benzene rings is 1. The Kier molecular flexibility index (Phi) is 4.10. The maximum absolute atomic E-state index is 5.80. The van der Waals surface area contributed by atoms with Crippen LogP contribution in [0.1, 0.15) is 18.7 Å². The van der Waals surface area contributed by atoms with E-state index < -0.39 is 0 Å². The molecule has 0 aliphatic heterocycles. The number of rotatable bonds is 7. The SMILES string of the molecule is COc1ccc(-c2cnc(CCNC3CC3)o2)cc1OC. The molecule has 1 aromatic carbocycles. The average Bonchev–Trinajstić information content (AvgIpc) is 3.22. The van der Waals surface area contributed by atoms with Crippen molar-refractivity contribution in [2.24, 2.45) is 0 Å². The van der Waals surface area contributed by atoms with Crippen LogP contribution in [-0.4, -0.2) is 31.8 Å². The minimum atomic E-state index is 0.684. The van der Waals surface area contributed by atoms with E-state index in [9.17, 15) is 0 Å². The number of oxazole rings is 1. The van der Waals surface area contributed by atoms with Crippen LogP contribution in [0.4, 0.5) is 0 Å². The van der Waals surface area contributed by atoms with E-state index in [4.69, 9.17) is 13.9 Å². The van der Waals surface area contributed by atoms with Crippen LogP contribution in [0, 0.1) is 0 Å². The molecule has 1 aromatic heterocycles. The predicted molar refractivity (Wildman–Crippen MR) is 79.8 cm³/mol. The topological polar surface area (TPSA) is 56.5 Å². The lowest BCUT2D eigenvalue weighted by atomic mass is 10.1. The Morgan fingerprint density at radius 1 is 1.24 bits per heavy atom. The van der Waals surface area contributed by atoms with Crippen molar-refractivity contribution in [1.82, 2.24) is 10.3 Å². The summed E-state index contributed by atoms with van der Waals surface area (Å²) >= 11 is 0. The quantitative estimate of drug-likeness (QED) is 0.849. The van der Waals surface area contributed by atoms with Crippen LogP contribution < -0.4 is 14.8 Å². The van der Waals surface area contributed by atoms with E-state index in [2.05, 4.69) is 10.3 Å². The van der Waals surface area contributed by atoms with Gasteiger partial charge in [0.05, 0.1) is 20.4 Å². The molecule has 5 nitrogen and oxygen atoms in total. The molecule has 0 radical (unpaired) electrons. The first-order valence-corrected chi connectivity index (χ1v) is 7.20. The largest absolute Gasteiger partial charge is 0.493 e. The smallest absolute Gasteiger partial charge is 0.196 e. The second-order valence-corrected chi connectivity index (χ2v) is 5.17. The standard InChI is InChI=1S/C16H20N2O3/c1-19-13-6-3-11(9-14(13)20-2)15-10-18-16(21-15)7-8-17-12-4-5-12/h3,6,9-10,12,17H,4-5,7-8H2,1-2H3. The van der Waals surface area contributed by atoms with Gasteiger partial charge in [-0.1, -0.05) is 0 Å². The molecule has 1 N–H and O–H groups in total. The second-order valence-electron chi connectivity index (χ2n) is 5.17. The summed E-state index contributed by atoms with van der Waals surface area (Å²) in [6, 6.07) is 6.41. The maximum atomic E-state index is 5.80. The number of nitrogens with zero attached hydrogens (tertiary/aromatic N) is 1. The summed E-state index contributed by atoms with van der Waals surface area (Å²) in [7, 11) is 3.24. The Bertz CT molecular complexity index is 605. The molecule has 1 fully saturated rings. The minimum Gasteiger partial charge on any atom is -0.493 e. The van der Waals surface area contributed by atoms with Crippen LogP contribution in [0.15, 0.2) is 28.8 Å². The highest BCUT2D eigenvalue weighted by atomic mass is 16.5. The molecule has 1 aliphatic carbocycles. The maximum Gasteiger partial charge on any atom is 0.196 e. The molecule has 1 heterocycles. The Morgan fingerprint density at radius 2 is 2.05 bits per heavy atom. The average molecular weight is 288 g/mol. The number of nitrogens with one attached hydrogen (secondary N) is 1. The zero-order valence-corrected chi connectivity index (χ0v) is 12.4. The molecule has 2 aromatic rings. The van der Waals surface area contributed by atoms with Crippen LogP contribution in [0.5, 0.6) is 11.5 Å². The Labute approximate surface area is 124 Å². The summed E-state index contributed by atoms with van der Waals surface area (Å²) in [5.74, 6) is 2.89. The molecule has 0 unspecified atom stereocenters. The molecule has 0 saturated heterocycles. The highest BCUT2D eigenvalue weighted by Gasteiger charge is 2.20. The summed E-state index contributed by atoms with van der Waals surface area (Å²) in [6.45, 7) is 0.913. The van der Waals surface area contributed by atoms with Gasteiger partial charge in [-0.2, -0.15) is 0 Å². The van der Waals surface area contributed by atoms with Crippen molar-refractivity contribution in [2.75, 3.05) is 20.8 Å². The first-order chi connectivity index (χ1) is 10.3. The summed E-state index contributed by atoms with van der Waals surface area (Å²) in [5.41, 5.74) is 0.932. The molecule has 112 valence electrons. The van der Waals surface area contributed by atoms with Crippen LogP contribution in [0.2, 0.25) is 0 Å². The lowest BCUT2D eigenvalue weighted by Crippen LogP contribution is -2.19. The van der Waals surface area contributed by atoms with Gasteiger partial charge in [0.15, 0.2) is 23.1 Å². The van der Waals surface area contributed by atoms with Gasteiger partial charge in [0.1, 0.15) is 0 Å². The van der Waals surface area contributed by atoms with E-state index >= 15 is 0 Å². The molecule has 0 bridgehead atoms. The fourth-order valence-corrected chi connectivity index (χ4v) is 2.22. The number of hydrogen-bond donors (Lipinski definition) is 1. The third kappa shape index (κ3) is 3.36. The zero-order chi connectivity index (χ0) is 14.7. The Morgan fingerprint density at radius 3 is 2.76 bits per heavy atom. The molecule has 5 heteroatoms. The van der Waals surface area contributed by atoms with Gasteiger partial charge in [-0.15, -0.1) is 0 Å². The van der Waals surface area contributed by atoms with E-state index in [1.54, 1.807) is 20.4 Å². The fourth-order valence-electron chi connectivity index (χ4n) is 2.22. The van der Waals surface area contributed by atoms with Crippen molar-refractivity contribution in [3.63, 3.8) is 0 Å². The third-order valence-corrected chi connectivity index (χ3v) is 3.57. The number of aromatic nitrogens is 1. The zero-order valence-electron chi connectivity index (χ0n) is 12.4. The first-order valence-electron chi connectivity index (χ1n) is 7.20. The lowest BCUT2D eigenvalue weighted by Gasteiger charge is -2.08. The molecule has 21 heavy (non-hydrogen) atoms. The van der Waals surface area contributed by atoms with Crippen molar-refractivity contribution in [1.29, 1.82) is 0 Å². The van der Waals surface area contributed by atoms with E-state index in [1.807, 2.05) is 18.2 Å². The summed E-state index contributed by atoms with van der Waals surface area (Å²) in [4.78, 5) is 4.33. The molecular weight excluding hydrogens is 268 g/mol. The van der Waals surface area contributed by atoms with Crippen molar-refractivity contribution in [2.45, 2.75) is 25.3 Å². The van der Waals surface area contributed by atoms with Gasteiger partial charge in [-0.05, 0) is 31.0 Å². The monoisotopic (exact) mass is 288 g/mol. The van der Waals surface area contributed by atoms with E-state index in [1.165, 1.54) is 12.8 Å². The minimum absolute atomic E-state index is 0.684. The molecule has 1 saturated carbocycles. The van der Waals surface area contributed by atoms with E-state index in [-0.39, 0.29) is 0 Å². The molecule has 0 atom stereocenters. The normalized spacial score (nSPS) is 14.2. The number of hydrogen-bond acceptors (Lipinski definition) is 5. The van der Waals surface area contributed by atoms with Gasteiger partial charge in [-0.25, -0.2) is 4.98 Å². The van der Waals surface area contributed by atoms with Gasteiger partial charge < -0.3 is 19.2 Å². The van der Waals surface area contributed by atoms with E-state index in [0.717, 1.165) is 30.2 Å². The molecule has 1 aliphatic rings. The lowest BCUT2D eigenvalue weighted by molar-refractivity contribution is 0.355. The number of ether oxygens (including phenoxy) is 2. The van der Waals surface area contributed by atoms with Crippen LogP contribution in [0.3, 0.4) is 0 Å². The van der Waals surface area contributed by atoms with Crippen molar-refractivity contribution < 1.29 is 13.9 Å². The van der Waals surface area contributed by atoms with Gasteiger partial charge >= 0.3 is 0 Å². The number of methoxy groups -OCH3 is 2. The molecule has 0 spiro atoms. The first kappa shape index (κ1) is 13.9. The Hall–Kier alpha value is -2.01. The molecule has 0 amide bonds. The van der Waals surface area contributed by atoms with Crippen molar-refractivity contribution >= 4 is 0 Å². The van der Waals surface area contributed by atoms with Gasteiger partial charge in [-0.3, -0.25) is 0 Å². The highest BCUT2D eigenvalue weighted by molar-refractivity contribution is 5.62. The Balaban J connectivity index is 1.69. The van der Waals surface area contributed by atoms with Crippen LogP contribution in [0.25, 0.3) is 11.3 Å². The third-order valence-electron chi connectivity index (χ3n) is 3.57. The van der Waals surface area contributed by atoms with Crippen molar-refractivity contribution in [3.8, 4) is 22.8 Å². The highest BCUT2D eigenvalue weighted by Crippen LogP contribution is 2.32. The summed E-state index contributed by atoms with van der Waals surface area (Å²) in [5, 5.41) is 3.45. The molecular formula is C16H20N2O3. The van der Waals surface area contributed by atoms with Gasteiger partial charge in [0.25, 0.3) is 0 Å². The molecule has 3 rings (SSSR count). The summed E-state index contributed by atoms with van der Waals surface area (Å²) in [6.07, 6.45) is 5.16. The van der Waals surface area contributed by atoms with Crippen LogP contribution in [-0.2, 0) is 6.42 Å².